The smallest absolute Gasteiger partial charge is 0.338 e. The van der Waals surface area contributed by atoms with Gasteiger partial charge in [0.15, 0.2) is 0 Å². The lowest BCUT2D eigenvalue weighted by Gasteiger charge is -2.10. The van der Waals surface area contributed by atoms with Gasteiger partial charge in [-0.3, -0.25) is 4.79 Å². The fourth-order valence-electron chi connectivity index (χ4n) is 1.07. The molecule has 1 rings (SSSR count). The molecule has 1 unspecified atom stereocenters. The van der Waals surface area contributed by atoms with Gasteiger partial charge < -0.3 is 15.2 Å². The Balaban J connectivity index is 2.33. The molecule has 0 radical (unpaired) electrons. The van der Waals surface area contributed by atoms with E-state index in [2.05, 4.69) is 5.32 Å². The number of aliphatic hydroxyl groups is 1. The molecule has 0 aromatic heterocycles. The van der Waals surface area contributed by atoms with Crippen LogP contribution in [-0.4, -0.2) is 36.7 Å². The highest BCUT2D eigenvalue weighted by Gasteiger charge is 2.09. The number of carbonyl (C=O) groups excluding carboxylic acids is 2. The number of amides is 1. The van der Waals surface area contributed by atoms with E-state index in [4.69, 9.17) is 4.74 Å². The molecule has 0 spiro atoms. The molecule has 1 atom stereocenters. The highest BCUT2D eigenvalue weighted by molar-refractivity contribution is 5.89. The molecule has 0 heterocycles. The van der Waals surface area contributed by atoms with E-state index in [-0.39, 0.29) is 13.2 Å². The summed E-state index contributed by atoms with van der Waals surface area (Å²) in [5.74, 6) is -0.495. The van der Waals surface area contributed by atoms with E-state index in [1.54, 1.807) is 30.3 Å². The highest BCUT2D eigenvalue weighted by atomic mass is 16.5. The molecule has 0 saturated heterocycles. The van der Waals surface area contributed by atoms with Crippen molar-refractivity contribution in [2.45, 2.75) is 6.10 Å². The molecular formula is C11H13NO4. The lowest BCUT2D eigenvalue weighted by molar-refractivity contribution is -0.110. The van der Waals surface area contributed by atoms with Gasteiger partial charge in [-0.15, -0.1) is 0 Å². The molecule has 0 aliphatic rings. The van der Waals surface area contributed by atoms with E-state index in [1.165, 1.54) is 0 Å². The summed E-state index contributed by atoms with van der Waals surface area (Å²) < 4.78 is 4.84. The maximum absolute atomic E-state index is 11.4. The van der Waals surface area contributed by atoms with Crippen molar-refractivity contribution in [1.82, 2.24) is 5.32 Å². The lowest BCUT2D eigenvalue weighted by atomic mass is 10.2. The Hall–Kier alpha value is -1.88. The van der Waals surface area contributed by atoms with Gasteiger partial charge in [0.2, 0.25) is 6.41 Å². The second kappa shape index (κ2) is 6.58. The monoisotopic (exact) mass is 223 g/mol. The Bertz CT molecular complexity index is 339. The van der Waals surface area contributed by atoms with Crippen LogP contribution in [-0.2, 0) is 9.53 Å². The maximum Gasteiger partial charge on any atom is 0.338 e. The quantitative estimate of drug-likeness (QED) is 0.523. The molecule has 86 valence electrons. The molecule has 0 saturated carbocycles. The standard InChI is InChI=1S/C11H13NO4/c13-8-12-6-10(14)7-16-11(15)9-4-2-1-3-5-9/h1-5,8,10,14H,6-7H2,(H,12,13). The molecular weight excluding hydrogens is 210 g/mol. The summed E-state index contributed by atoms with van der Waals surface area (Å²) in [5.41, 5.74) is 0.429. The summed E-state index contributed by atoms with van der Waals surface area (Å²) in [5, 5.41) is 11.6. The zero-order valence-electron chi connectivity index (χ0n) is 8.63. The number of aliphatic hydroxyl groups excluding tert-OH is 1. The minimum Gasteiger partial charge on any atom is -0.459 e. The Morgan fingerprint density at radius 2 is 2.12 bits per heavy atom. The van der Waals surface area contributed by atoms with Crippen LogP contribution in [0.3, 0.4) is 0 Å². The maximum atomic E-state index is 11.4. The number of nitrogens with one attached hydrogen (secondary N) is 1. The van der Waals surface area contributed by atoms with Gasteiger partial charge in [0.1, 0.15) is 12.7 Å². The molecule has 5 heteroatoms. The molecule has 1 amide bonds. The lowest BCUT2D eigenvalue weighted by Crippen LogP contribution is -2.30. The SMILES string of the molecule is O=CNCC(O)COC(=O)c1ccccc1. The molecule has 0 bridgehead atoms. The molecule has 0 aliphatic heterocycles. The second-order valence-corrected chi connectivity index (χ2v) is 3.14. The summed E-state index contributed by atoms with van der Waals surface area (Å²) >= 11 is 0. The van der Waals surface area contributed by atoms with Crippen molar-refractivity contribution in [3.8, 4) is 0 Å². The fourth-order valence-corrected chi connectivity index (χ4v) is 1.07. The average Bonchev–Trinajstić information content (AvgIpc) is 2.34. The number of esters is 1. The predicted molar refractivity (Wildman–Crippen MR) is 56.8 cm³/mol. The number of rotatable bonds is 6. The van der Waals surface area contributed by atoms with E-state index >= 15 is 0 Å². The second-order valence-electron chi connectivity index (χ2n) is 3.14. The van der Waals surface area contributed by atoms with Crippen molar-refractivity contribution in [3.05, 3.63) is 35.9 Å². The van der Waals surface area contributed by atoms with Crippen LogP contribution < -0.4 is 5.32 Å². The minimum atomic E-state index is -0.891. The van der Waals surface area contributed by atoms with Crippen LogP contribution in [0.25, 0.3) is 0 Å². The Morgan fingerprint density at radius 3 is 2.75 bits per heavy atom. The van der Waals surface area contributed by atoms with Crippen molar-refractivity contribution < 1.29 is 19.4 Å². The number of carbonyl (C=O) groups is 2. The molecule has 0 fully saturated rings. The van der Waals surface area contributed by atoms with Crippen LogP contribution in [0, 0.1) is 0 Å². The van der Waals surface area contributed by atoms with Gasteiger partial charge in [0, 0.05) is 6.54 Å². The molecule has 1 aromatic rings. The van der Waals surface area contributed by atoms with Crippen LogP contribution in [0.4, 0.5) is 0 Å². The van der Waals surface area contributed by atoms with Gasteiger partial charge in [-0.25, -0.2) is 4.79 Å². The Morgan fingerprint density at radius 1 is 1.44 bits per heavy atom. The number of ether oxygens (including phenoxy) is 1. The summed E-state index contributed by atoms with van der Waals surface area (Å²) in [6.45, 7) is -0.0832. The van der Waals surface area contributed by atoms with Gasteiger partial charge in [-0.05, 0) is 12.1 Å². The third-order valence-corrected chi connectivity index (χ3v) is 1.85. The molecule has 0 aliphatic carbocycles. The van der Waals surface area contributed by atoms with Gasteiger partial charge >= 0.3 is 5.97 Å². The third-order valence-electron chi connectivity index (χ3n) is 1.85. The summed E-state index contributed by atoms with van der Waals surface area (Å²) in [7, 11) is 0. The van der Waals surface area contributed by atoms with Crippen molar-refractivity contribution in [3.63, 3.8) is 0 Å². The van der Waals surface area contributed by atoms with Gasteiger partial charge in [0.05, 0.1) is 5.56 Å². The van der Waals surface area contributed by atoms with Crippen molar-refractivity contribution >= 4 is 12.4 Å². The van der Waals surface area contributed by atoms with Crippen LogP contribution in [0.5, 0.6) is 0 Å². The van der Waals surface area contributed by atoms with Crippen LogP contribution >= 0.6 is 0 Å². The summed E-state index contributed by atoms with van der Waals surface area (Å²) in [6, 6.07) is 8.48. The summed E-state index contributed by atoms with van der Waals surface area (Å²) in [4.78, 5) is 21.3. The Kier molecular flexibility index (Phi) is 5.01. The van der Waals surface area contributed by atoms with E-state index in [0.29, 0.717) is 12.0 Å². The molecule has 16 heavy (non-hydrogen) atoms. The van der Waals surface area contributed by atoms with E-state index in [9.17, 15) is 14.7 Å². The first kappa shape index (κ1) is 12.2. The van der Waals surface area contributed by atoms with Crippen LogP contribution in [0.2, 0.25) is 0 Å². The largest absolute Gasteiger partial charge is 0.459 e. The van der Waals surface area contributed by atoms with E-state index < -0.39 is 12.1 Å². The minimum absolute atomic E-state index is 0.0611. The van der Waals surface area contributed by atoms with Gasteiger partial charge in [-0.1, -0.05) is 18.2 Å². The van der Waals surface area contributed by atoms with Crippen molar-refractivity contribution in [2.75, 3.05) is 13.2 Å². The number of hydrogen-bond acceptors (Lipinski definition) is 4. The molecule has 5 nitrogen and oxygen atoms in total. The number of hydrogen-bond donors (Lipinski definition) is 2. The van der Waals surface area contributed by atoms with Gasteiger partial charge in [-0.2, -0.15) is 0 Å². The Labute approximate surface area is 93.0 Å². The zero-order chi connectivity index (χ0) is 11.8. The predicted octanol–water partition coefficient (Wildman–Crippen LogP) is -0.0497. The third kappa shape index (κ3) is 4.10. The highest BCUT2D eigenvalue weighted by Crippen LogP contribution is 2.01. The first-order valence-corrected chi connectivity index (χ1v) is 4.81. The normalized spacial score (nSPS) is 11.6. The topological polar surface area (TPSA) is 75.6 Å². The first-order valence-electron chi connectivity index (χ1n) is 4.81. The zero-order valence-corrected chi connectivity index (χ0v) is 8.63. The van der Waals surface area contributed by atoms with Crippen molar-refractivity contribution in [2.24, 2.45) is 0 Å². The first-order chi connectivity index (χ1) is 7.74. The van der Waals surface area contributed by atoms with E-state index in [0.717, 1.165) is 0 Å². The van der Waals surface area contributed by atoms with Crippen LogP contribution in [0.15, 0.2) is 30.3 Å². The fraction of sp³-hybridized carbons (Fsp3) is 0.273. The van der Waals surface area contributed by atoms with Gasteiger partial charge in [0.25, 0.3) is 0 Å². The van der Waals surface area contributed by atoms with Crippen molar-refractivity contribution in [1.29, 1.82) is 0 Å². The van der Waals surface area contributed by atoms with Crippen LogP contribution in [0.1, 0.15) is 10.4 Å². The number of benzene rings is 1. The summed E-state index contributed by atoms with van der Waals surface area (Å²) in [6.07, 6.45) is -0.416. The average molecular weight is 223 g/mol. The molecule has 2 N–H and O–H groups in total. The molecule has 1 aromatic carbocycles. The van der Waals surface area contributed by atoms with E-state index in [1.807, 2.05) is 0 Å².